The molecule has 7 nitrogen and oxygen atoms in total. The van der Waals surface area contributed by atoms with Gasteiger partial charge in [0.1, 0.15) is 23.0 Å². The number of nitrogens with zero attached hydrogens (tertiary/aromatic N) is 4. The van der Waals surface area contributed by atoms with Crippen molar-refractivity contribution in [2.75, 3.05) is 23.8 Å². The van der Waals surface area contributed by atoms with Gasteiger partial charge in [0.15, 0.2) is 5.82 Å². The normalized spacial score (nSPS) is 14.3. The molecule has 3 aromatic rings. The Hall–Kier alpha value is -3.27. The van der Waals surface area contributed by atoms with Crippen molar-refractivity contribution < 1.29 is 17.9 Å². The van der Waals surface area contributed by atoms with E-state index in [1.807, 2.05) is 19.1 Å². The minimum atomic E-state index is -4.55. The number of pyridine rings is 2. The highest BCUT2D eigenvalue weighted by atomic mass is 19.4. The van der Waals surface area contributed by atoms with Crippen molar-refractivity contribution in [1.29, 1.82) is 0 Å². The van der Waals surface area contributed by atoms with Gasteiger partial charge in [0, 0.05) is 11.8 Å². The third kappa shape index (κ3) is 4.60. The average Bonchev–Trinajstić information content (AvgIpc) is 2.66. The molecule has 1 saturated heterocycles. The molecule has 0 unspecified atom stereocenters. The Balaban J connectivity index is 1.70. The van der Waals surface area contributed by atoms with Crippen LogP contribution < -0.4 is 10.6 Å². The largest absolute Gasteiger partial charge is 0.433 e. The van der Waals surface area contributed by atoms with E-state index in [2.05, 4.69) is 30.6 Å². The van der Waals surface area contributed by atoms with Crippen molar-refractivity contribution in [1.82, 2.24) is 19.9 Å². The maximum Gasteiger partial charge on any atom is 0.433 e. The van der Waals surface area contributed by atoms with E-state index in [1.54, 1.807) is 12.3 Å². The van der Waals surface area contributed by atoms with Crippen LogP contribution in [0.4, 0.5) is 30.5 Å². The van der Waals surface area contributed by atoms with Crippen LogP contribution in [0.5, 0.6) is 0 Å². The smallest absolute Gasteiger partial charge is 0.377 e. The summed E-state index contributed by atoms with van der Waals surface area (Å²) in [5.74, 6) is 0.941. The Bertz CT molecular complexity index is 1010. The molecule has 0 spiro atoms. The summed E-state index contributed by atoms with van der Waals surface area (Å²) in [7, 11) is 0. The van der Waals surface area contributed by atoms with Gasteiger partial charge in [-0.15, -0.1) is 0 Å². The van der Waals surface area contributed by atoms with Gasteiger partial charge in [-0.25, -0.2) is 15.0 Å². The van der Waals surface area contributed by atoms with Gasteiger partial charge >= 0.3 is 6.18 Å². The van der Waals surface area contributed by atoms with Crippen LogP contribution in [0.25, 0.3) is 11.5 Å². The van der Waals surface area contributed by atoms with Gasteiger partial charge in [0.05, 0.1) is 31.1 Å². The van der Waals surface area contributed by atoms with Crippen molar-refractivity contribution in [3.63, 3.8) is 0 Å². The molecular weight excluding hydrogens is 385 g/mol. The molecule has 4 heterocycles. The van der Waals surface area contributed by atoms with Gasteiger partial charge in [0.25, 0.3) is 0 Å². The molecule has 1 aliphatic rings. The van der Waals surface area contributed by atoms with Gasteiger partial charge in [-0.05, 0) is 31.2 Å². The minimum Gasteiger partial charge on any atom is -0.377 e. The summed E-state index contributed by atoms with van der Waals surface area (Å²) in [6.07, 6.45) is -2.91. The number of halogens is 3. The first-order valence-corrected chi connectivity index (χ1v) is 8.84. The van der Waals surface area contributed by atoms with E-state index in [9.17, 15) is 13.2 Å². The SMILES string of the molecule is Cc1ccc(Nc2cc(NC3COC3)nc(-c3cccc(C(F)(F)F)n3)n2)cn1. The topological polar surface area (TPSA) is 84.9 Å². The predicted octanol–water partition coefficient (Wildman–Crippen LogP) is 3.82. The molecule has 0 radical (unpaired) electrons. The molecule has 3 aromatic heterocycles. The molecule has 150 valence electrons. The number of anilines is 3. The van der Waals surface area contributed by atoms with Crippen molar-refractivity contribution in [3.8, 4) is 11.5 Å². The lowest BCUT2D eigenvalue weighted by Crippen LogP contribution is -2.40. The number of hydrogen-bond acceptors (Lipinski definition) is 7. The van der Waals surface area contributed by atoms with Crippen molar-refractivity contribution in [3.05, 3.63) is 54.0 Å². The van der Waals surface area contributed by atoms with Crippen molar-refractivity contribution in [2.24, 2.45) is 0 Å². The van der Waals surface area contributed by atoms with E-state index in [1.165, 1.54) is 12.1 Å². The molecule has 0 bridgehead atoms. The van der Waals surface area contributed by atoms with Crippen LogP contribution in [0.2, 0.25) is 0 Å². The lowest BCUT2D eigenvalue weighted by atomic mass is 10.2. The van der Waals surface area contributed by atoms with E-state index in [0.717, 1.165) is 11.8 Å². The Morgan fingerprint density at radius 1 is 1.03 bits per heavy atom. The van der Waals surface area contributed by atoms with Crippen LogP contribution in [0.1, 0.15) is 11.4 Å². The van der Waals surface area contributed by atoms with Gasteiger partial charge in [-0.1, -0.05) is 6.07 Å². The Labute approximate surface area is 164 Å². The summed E-state index contributed by atoms with van der Waals surface area (Å²) in [5, 5.41) is 6.29. The van der Waals surface area contributed by atoms with Crippen LogP contribution in [-0.4, -0.2) is 39.2 Å². The zero-order valence-electron chi connectivity index (χ0n) is 15.4. The van der Waals surface area contributed by atoms with E-state index in [-0.39, 0.29) is 17.6 Å². The monoisotopic (exact) mass is 402 g/mol. The minimum absolute atomic E-state index is 0.0263. The maximum atomic E-state index is 13.0. The van der Waals surface area contributed by atoms with Crippen LogP contribution in [0, 0.1) is 6.92 Å². The number of aromatic nitrogens is 4. The molecule has 1 aliphatic heterocycles. The quantitative estimate of drug-likeness (QED) is 0.671. The summed E-state index contributed by atoms with van der Waals surface area (Å²) in [6, 6.07) is 9.07. The molecule has 0 atom stereocenters. The van der Waals surface area contributed by atoms with Crippen molar-refractivity contribution in [2.45, 2.75) is 19.1 Å². The zero-order chi connectivity index (χ0) is 20.4. The number of aryl methyl sites for hydroxylation is 1. The Kier molecular flexibility index (Phi) is 5.01. The fourth-order valence-corrected chi connectivity index (χ4v) is 2.63. The number of nitrogens with one attached hydrogen (secondary N) is 2. The molecule has 1 fully saturated rings. The van der Waals surface area contributed by atoms with E-state index < -0.39 is 11.9 Å². The lowest BCUT2D eigenvalue weighted by molar-refractivity contribution is -0.141. The number of rotatable bonds is 5. The van der Waals surface area contributed by atoms with Gasteiger partial charge < -0.3 is 15.4 Å². The van der Waals surface area contributed by atoms with E-state index in [0.29, 0.717) is 30.5 Å². The second-order valence-corrected chi connectivity index (χ2v) is 6.56. The van der Waals surface area contributed by atoms with Crippen LogP contribution in [0.3, 0.4) is 0 Å². The molecule has 0 amide bonds. The second-order valence-electron chi connectivity index (χ2n) is 6.56. The molecule has 0 aliphatic carbocycles. The average molecular weight is 402 g/mol. The zero-order valence-corrected chi connectivity index (χ0v) is 15.4. The van der Waals surface area contributed by atoms with Gasteiger partial charge in [-0.2, -0.15) is 13.2 Å². The summed E-state index contributed by atoms with van der Waals surface area (Å²) >= 11 is 0. The highest BCUT2D eigenvalue weighted by Gasteiger charge is 2.32. The molecular formula is C19H17F3N6O. The highest BCUT2D eigenvalue weighted by Crippen LogP contribution is 2.29. The van der Waals surface area contributed by atoms with Gasteiger partial charge in [0.2, 0.25) is 0 Å². The van der Waals surface area contributed by atoms with Gasteiger partial charge in [-0.3, -0.25) is 4.98 Å². The molecule has 29 heavy (non-hydrogen) atoms. The van der Waals surface area contributed by atoms with E-state index in [4.69, 9.17) is 4.74 Å². The third-order valence-electron chi connectivity index (χ3n) is 4.17. The number of alkyl halides is 3. The standard InChI is InChI=1S/C19H17F3N6O/c1-11-5-6-12(8-23-11)24-16-7-17(25-13-9-29-10-13)28-18(27-16)14-3-2-4-15(26-14)19(20,21)22/h2-8,13H,9-10H2,1H3,(H2,24,25,27,28). The number of ether oxygens (including phenoxy) is 1. The summed E-state index contributed by atoms with van der Waals surface area (Å²) in [6.45, 7) is 2.94. The van der Waals surface area contributed by atoms with E-state index >= 15 is 0 Å². The first kappa shape index (κ1) is 19.1. The lowest BCUT2D eigenvalue weighted by Gasteiger charge is -2.27. The van der Waals surface area contributed by atoms with Crippen molar-refractivity contribution >= 4 is 17.3 Å². The Morgan fingerprint density at radius 3 is 2.48 bits per heavy atom. The van der Waals surface area contributed by atoms with Crippen LogP contribution >= 0.6 is 0 Å². The van der Waals surface area contributed by atoms with Crippen LogP contribution in [0.15, 0.2) is 42.6 Å². The molecule has 10 heteroatoms. The van der Waals surface area contributed by atoms with Crippen LogP contribution in [-0.2, 0) is 10.9 Å². The fraction of sp³-hybridized carbons (Fsp3) is 0.263. The first-order chi connectivity index (χ1) is 13.9. The summed E-state index contributed by atoms with van der Waals surface area (Å²) in [4.78, 5) is 16.6. The second kappa shape index (κ2) is 7.63. The number of hydrogen-bond donors (Lipinski definition) is 2. The fourth-order valence-electron chi connectivity index (χ4n) is 2.63. The summed E-state index contributed by atoms with van der Waals surface area (Å²) < 4.78 is 44.3. The first-order valence-electron chi connectivity index (χ1n) is 8.84. The molecule has 0 saturated carbocycles. The molecule has 4 rings (SSSR count). The molecule has 2 N–H and O–H groups in total. The highest BCUT2D eigenvalue weighted by molar-refractivity contribution is 5.63. The summed E-state index contributed by atoms with van der Waals surface area (Å²) in [5.41, 5.74) is 0.578. The maximum absolute atomic E-state index is 13.0. The molecule has 0 aromatic carbocycles. The third-order valence-corrected chi connectivity index (χ3v) is 4.17. The Morgan fingerprint density at radius 2 is 1.83 bits per heavy atom. The predicted molar refractivity (Wildman–Crippen MR) is 101 cm³/mol.